The number of hydrogen-bond acceptors (Lipinski definition) is 2. The van der Waals surface area contributed by atoms with E-state index in [1.165, 1.54) is 6.92 Å². The van der Waals surface area contributed by atoms with Crippen molar-refractivity contribution in [1.82, 2.24) is 0 Å². The Bertz CT molecular complexity index is 226. The highest BCUT2D eigenvalue weighted by atomic mass is 16.5. The SMILES string of the molecule is C=C/C=C(\C=C)COC(C)C(C)=O. The van der Waals surface area contributed by atoms with Crippen molar-refractivity contribution in [2.75, 3.05) is 6.61 Å². The summed E-state index contributed by atoms with van der Waals surface area (Å²) in [6.07, 6.45) is 4.81. The van der Waals surface area contributed by atoms with E-state index in [0.29, 0.717) is 6.61 Å². The summed E-state index contributed by atoms with van der Waals surface area (Å²) in [6.45, 7) is 10.8. The zero-order valence-corrected chi connectivity index (χ0v) is 8.25. The number of rotatable bonds is 6. The maximum absolute atomic E-state index is 10.8. The molecule has 0 heterocycles. The molecule has 2 nitrogen and oxygen atoms in total. The van der Waals surface area contributed by atoms with E-state index in [1.54, 1.807) is 25.2 Å². The second-order valence-electron chi connectivity index (χ2n) is 2.75. The Morgan fingerprint density at radius 1 is 1.54 bits per heavy atom. The first-order valence-electron chi connectivity index (χ1n) is 4.18. The van der Waals surface area contributed by atoms with Crippen LogP contribution in [0.25, 0.3) is 0 Å². The number of allylic oxidation sites excluding steroid dienone is 2. The summed E-state index contributed by atoms with van der Waals surface area (Å²) in [5.41, 5.74) is 0.920. The van der Waals surface area contributed by atoms with Crippen LogP contribution in [0.1, 0.15) is 13.8 Å². The lowest BCUT2D eigenvalue weighted by Gasteiger charge is -2.09. The normalized spacial score (nSPS) is 13.5. The van der Waals surface area contributed by atoms with Gasteiger partial charge in [0, 0.05) is 0 Å². The molecule has 13 heavy (non-hydrogen) atoms. The van der Waals surface area contributed by atoms with E-state index in [4.69, 9.17) is 4.74 Å². The van der Waals surface area contributed by atoms with Crippen LogP contribution < -0.4 is 0 Å². The van der Waals surface area contributed by atoms with Crippen molar-refractivity contribution in [2.24, 2.45) is 0 Å². The number of ketones is 1. The van der Waals surface area contributed by atoms with Gasteiger partial charge in [0.1, 0.15) is 6.10 Å². The topological polar surface area (TPSA) is 26.3 Å². The third-order valence-electron chi connectivity index (χ3n) is 1.67. The molecule has 0 radical (unpaired) electrons. The lowest BCUT2D eigenvalue weighted by atomic mass is 10.2. The van der Waals surface area contributed by atoms with Crippen molar-refractivity contribution < 1.29 is 9.53 Å². The molecule has 0 bridgehead atoms. The molecule has 0 aliphatic rings. The molecule has 0 aliphatic carbocycles. The Morgan fingerprint density at radius 2 is 2.15 bits per heavy atom. The molecule has 0 rings (SSSR count). The van der Waals surface area contributed by atoms with Crippen molar-refractivity contribution in [2.45, 2.75) is 20.0 Å². The average molecular weight is 180 g/mol. The van der Waals surface area contributed by atoms with Crippen LogP contribution in [-0.2, 0) is 9.53 Å². The van der Waals surface area contributed by atoms with E-state index in [9.17, 15) is 4.79 Å². The van der Waals surface area contributed by atoms with Crippen LogP contribution in [0.15, 0.2) is 37.0 Å². The van der Waals surface area contributed by atoms with Gasteiger partial charge in [-0.15, -0.1) is 0 Å². The van der Waals surface area contributed by atoms with Gasteiger partial charge in [-0.3, -0.25) is 4.79 Å². The van der Waals surface area contributed by atoms with Crippen molar-refractivity contribution in [3.05, 3.63) is 37.0 Å². The predicted molar refractivity (Wildman–Crippen MR) is 54.6 cm³/mol. The highest BCUT2D eigenvalue weighted by Crippen LogP contribution is 2.01. The van der Waals surface area contributed by atoms with Gasteiger partial charge in [0.2, 0.25) is 0 Å². The minimum absolute atomic E-state index is 0.0296. The second kappa shape index (κ2) is 6.38. The fraction of sp³-hybridized carbons (Fsp3) is 0.364. The van der Waals surface area contributed by atoms with Crippen LogP contribution in [0.4, 0.5) is 0 Å². The maximum atomic E-state index is 10.8. The lowest BCUT2D eigenvalue weighted by molar-refractivity contribution is -0.126. The zero-order valence-electron chi connectivity index (χ0n) is 8.25. The molecule has 0 aromatic heterocycles. The van der Waals surface area contributed by atoms with E-state index < -0.39 is 0 Å². The summed E-state index contributed by atoms with van der Waals surface area (Å²) in [6, 6.07) is 0. The van der Waals surface area contributed by atoms with Crippen molar-refractivity contribution in [1.29, 1.82) is 0 Å². The maximum Gasteiger partial charge on any atom is 0.158 e. The van der Waals surface area contributed by atoms with Crippen LogP contribution in [0, 0.1) is 0 Å². The summed E-state index contributed by atoms with van der Waals surface area (Å²) in [4.78, 5) is 10.8. The van der Waals surface area contributed by atoms with Gasteiger partial charge in [-0.1, -0.05) is 31.4 Å². The quantitative estimate of drug-likeness (QED) is 0.586. The molecule has 0 fully saturated rings. The molecule has 1 unspecified atom stereocenters. The van der Waals surface area contributed by atoms with Gasteiger partial charge in [-0.05, 0) is 19.4 Å². The molecule has 0 amide bonds. The van der Waals surface area contributed by atoms with Gasteiger partial charge in [0.15, 0.2) is 5.78 Å². The molecule has 0 spiro atoms. The van der Waals surface area contributed by atoms with Gasteiger partial charge in [-0.2, -0.15) is 0 Å². The first kappa shape index (κ1) is 11.8. The molecule has 0 saturated carbocycles. The standard InChI is InChI=1S/C11H16O2/c1-5-7-11(6-2)8-13-10(4)9(3)12/h5-7,10H,1-2,8H2,3-4H3/b11-7+. The molecule has 0 aliphatic heterocycles. The Morgan fingerprint density at radius 3 is 2.54 bits per heavy atom. The molecule has 72 valence electrons. The van der Waals surface area contributed by atoms with Crippen molar-refractivity contribution >= 4 is 5.78 Å². The Hall–Kier alpha value is -1.15. The third-order valence-corrected chi connectivity index (χ3v) is 1.67. The summed E-state index contributed by atoms with van der Waals surface area (Å²) in [7, 11) is 0. The predicted octanol–water partition coefficient (Wildman–Crippen LogP) is 2.28. The smallest absolute Gasteiger partial charge is 0.158 e. The van der Waals surface area contributed by atoms with Crippen LogP contribution in [-0.4, -0.2) is 18.5 Å². The molecular formula is C11H16O2. The highest BCUT2D eigenvalue weighted by molar-refractivity contribution is 5.79. The molecule has 0 N–H and O–H groups in total. The Kier molecular flexibility index (Phi) is 5.81. The Labute approximate surface area is 79.6 Å². The molecular weight excluding hydrogens is 164 g/mol. The fourth-order valence-corrected chi connectivity index (χ4v) is 0.665. The van der Waals surface area contributed by atoms with Crippen LogP contribution in [0.2, 0.25) is 0 Å². The molecule has 0 saturated heterocycles. The van der Waals surface area contributed by atoms with Gasteiger partial charge < -0.3 is 4.74 Å². The van der Waals surface area contributed by atoms with Crippen LogP contribution in [0.3, 0.4) is 0 Å². The monoisotopic (exact) mass is 180 g/mol. The highest BCUT2D eigenvalue weighted by Gasteiger charge is 2.06. The van der Waals surface area contributed by atoms with Crippen molar-refractivity contribution in [3.8, 4) is 0 Å². The van der Waals surface area contributed by atoms with Crippen LogP contribution in [0.5, 0.6) is 0 Å². The Balaban J connectivity index is 3.99. The number of carbonyl (C=O) groups excluding carboxylic acids is 1. The minimum Gasteiger partial charge on any atom is -0.366 e. The summed E-state index contributed by atoms with van der Waals surface area (Å²) < 4.78 is 5.27. The van der Waals surface area contributed by atoms with E-state index in [-0.39, 0.29) is 11.9 Å². The lowest BCUT2D eigenvalue weighted by Crippen LogP contribution is -2.18. The first-order chi connectivity index (χ1) is 6.11. The summed E-state index contributed by atoms with van der Waals surface area (Å²) >= 11 is 0. The zero-order chi connectivity index (χ0) is 10.3. The minimum atomic E-state index is -0.354. The third kappa shape index (κ3) is 5.15. The van der Waals surface area contributed by atoms with E-state index in [2.05, 4.69) is 13.2 Å². The number of carbonyl (C=O) groups is 1. The molecule has 1 atom stereocenters. The number of Topliss-reactive ketones (excluding diaryl/α,β-unsaturated/α-hetero) is 1. The molecule has 0 aromatic rings. The summed E-state index contributed by atoms with van der Waals surface area (Å²) in [5.74, 6) is 0.0296. The van der Waals surface area contributed by atoms with E-state index in [0.717, 1.165) is 5.57 Å². The first-order valence-corrected chi connectivity index (χ1v) is 4.18. The van der Waals surface area contributed by atoms with Gasteiger partial charge in [0.05, 0.1) is 6.61 Å². The molecule has 0 aromatic carbocycles. The molecule has 2 heteroatoms. The van der Waals surface area contributed by atoms with Crippen LogP contribution >= 0.6 is 0 Å². The summed E-state index contributed by atoms with van der Waals surface area (Å²) in [5, 5.41) is 0. The van der Waals surface area contributed by atoms with Gasteiger partial charge in [-0.25, -0.2) is 0 Å². The van der Waals surface area contributed by atoms with Gasteiger partial charge >= 0.3 is 0 Å². The van der Waals surface area contributed by atoms with E-state index >= 15 is 0 Å². The fourth-order valence-electron chi connectivity index (χ4n) is 0.665. The largest absolute Gasteiger partial charge is 0.366 e. The average Bonchev–Trinajstić information content (AvgIpc) is 2.11. The van der Waals surface area contributed by atoms with E-state index in [1.807, 2.05) is 0 Å². The number of hydrogen-bond donors (Lipinski definition) is 0. The second-order valence-corrected chi connectivity index (χ2v) is 2.75. The van der Waals surface area contributed by atoms with Crippen molar-refractivity contribution in [3.63, 3.8) is 0 Å². The van der Waals surface area contributed by atoms with Gasteiger partial charge in [0.25, 0.3) is 0 Å². The number of ether oxygens (including phenoxy) is 1.